The zero-order valence-corrected chi connectivity index (χ0v) is 20.9. The number of piperidine rings is 1. The summed E-state index contributed by atoms with van der Waals surface area (Å²) in [7, 11) is 0. The molecule has 1 atom stereocenters. The molecule has 2 aromatic heterocycles. The molecule has 35 heavy (non-hydrogen) atoms. The molecule has 6 rings (SSSR count). The van der Waals surface area contributed by atoms with Gasteiger partial charge in [0.25, 0.3) is 0 Å². The van der Waals surface area contributed by atoms with Crippen molar-refractivity contribution in [2.45, 2.75) is 42.6 Å². The van der Waals surface area contributed by atoms with Gasteiger partial charge >= 0.3 is 0 Å². The molecule has 0 amide bonds. The second-order valence-electron chi connectivity index (χ2n) is 9.82. The van der Waals surface area contributed by atoms with Crippen molar-refractivity contribution >= 4 is 16.8 Å². The lowest BCUT2D eigenvalue weighted by Gasteiger charge is -2.30. The molecule has 6 nitrogen and oxygen atoms in total. The Labute approximate surface area is 209 Å². The predicted octanol–water partition coefficient (Wildman–Crippen LogP) is 5.54. The highest BCUT2D eigenvalue weighted by Crippen LogP contribution is 2.41. The first-order valence-electron chi connectivity index (χ1n) is 12.4. The Morgan fingerprint density at radius 3 is 2.51 bits per heavy atom. The molecule has 0 radical (unpaired) electrons. The predicted molar refractivity (Wildman–Crippen MR) is 141 cm³/mol. The maximum absolute atomic E-state index is 9.96. The Hall–Kier alpha value is -2.87. The Morgan fingerprint density at radius 1 is 0.971 bits per heavy atom. The number of rotatable bonds is 7. The van der Waals surface area contributed by atoms with E-state index in [1.165, 1.54) is 32.4 Å². The van der Waals surface area contributed by atoms with Crippen LogP contribution in [0.3, 0.4) is 0 Å². The molecular weight excluding hydrogens is 456 g/mol. The Kier molecular flexibility index (Phi) is 6.00. The molecule has 1 N–H and O–H groups in total. The average molecular weight is 488 g/mol. The maximum Gasteiger partial charge on any atom is 0.190 e. The van der Waals surface area contributed by atoms with Crippen LogP contribution in [0.4, 0.5) is 0 Å². The average Bonchev–Trinajstić information content (AvgIpc) is 3.50. The minimum absolute atomic E-state index is 0.0103. The van der Waals surface area contributed by atoms with E-state index in [4.69, 9.17) is 9.72 Å². The van der Waals surface area contributed by atoms with Crippen molar-refractivity contribution in [2.24, 2.45) is 0 Å². The molecule has 7 heteroatoms. The van der Waals surface area contributed by atoms with E-state index in [2.05, 4.69) is 34.3 Å². The number of hydrogen-bond donors (Lipinski definition) is 1. The van der Waals surface area contributed by atoms with Crippen molar-refractivity contribution < 1.29 is 9.29 Å². The zero-order valence-electron chi connectivity index (χ0n) is 20.1. The first kappa shape index (κ1) is 22.6. The van der Waals surface area contributed by atoms with Crippen LogP contribution in [0.1, 0.15) is 32.1 Å². The number of likely N-dealkylation sites (tertiary alicyclic amines) is 1. The van der Waals surface area contributed by atoms with Crippen molar-refractivity contribution in [1.29, 1.82) is 0 Å². The number of benzene rings is 2. The van der Waals surface area contributed by atoms with Crippen LogP contribution in [-0.2, 0) is 11.2 Å². The molecule has 2 aliphatic rings. The monoisotopic (exact) mass is 487 g/mol. The molecular formula is C28H31N4O2S+. The molecule has 1 aliphatic carbocycles. The second kappa shape index (κ2) is 9.30. The minimum Gasteiger partial charge on any atom is -0.486 e. The van der Waals surface area contributed by atoms with E-state index in [-0.39, 0.29) is 5.60 Å². The van der Waals surface area contributed by atoms with Gasteiger partial charge in [0.1, 0.15) is 17.6 Å². The smallest absolute Gasteiger partial charge is 0.190 e. The summed E-state index contributed by atoms with van der Waals surface area (Å²) in [6.45, 7) is 3.47. The van der Waals surface area contributed by atoms with E-state index in [1.54, 1.807) is 6.26 Å². The van der Waals surface area contributed by atoms with Crippen LogP contribution >= 0.6 is 0 Å². The van der Waals surface area contributed by atoms with Crippen LogP contribution in [0.25, 0.3) is 27.9 Å². The molecule has 2 aromatic carbocycles. The third-order valence-electron chi connectivity index (χ3n) is 7.13. The van der Waals surface area contributed by atoms with Crippen molar-refractivity contribution in [3.05, 3.63) is 67.1 Å². The summed E-state index contributed by atoms with van der Waals surface area (Å²) in [6.07, 6.45) is 13.8. The fourth-order valence-corrected chi connectivity index (χ4v) is 5.57. The summed E-state index contributed by atoms with van der Waals surface area (Å²) in [4.78, 5) is 8.21. The molecule has 3 heterocycles. The highest BCUT2D eigenvalue weighted by molar-refractivity contribution is 7.90. The van der Waals surface area contributed by atoms with Crippen LogP contribution in [0.5, 0.6) is 5.75 Å². The molecule has 0 bridgehead atoms. The van der Waals surface area contributed by atoms with Gasteiger partial charge in [0.05, 0.1) is 6.20 Å². The highest BCUT2D eigenvalue weighted by atomic mass is 32.2. The number of nitrogens with zero attached hydrogens (tertiary/aromatic N) is 4. The molecule has 1 saturated carbocycles. The number of ether oxygens (including phenoxy) is 1. The summed E-state index contributed by atoms with van der Waals surface area (Å²) >= 11 is -0.780. The maximum atomic E-state index is 9.96. The molecule has 1 unspecified atom stereocenters. The van der Waals surface area contributed by atoms with Crippen molar-refractivity contribution in [2.75, 3.05) is 25.9 Å². The van der Waals surface area contributed by atoms with Crippen molar-refractivity contribution in [3.63, 3.8) is 0 Å². The fourth-order valence-electron chi connectivity index (χ4n) is 5.00. The summed E-state index contributed by atoms with van der Waals surface area (Å²) in [5.74, 6) is 0.942. The lowest BCUT2D eigenvalue weighted by Crippen LogP contribution is -2.40. The topological polar surface area (TPSA) is 62.9 Å². The second-order valence-corrected chi connectivity index (χ2v) is 11.2. The van der Waals surface area contributed by atoms with E-state index in [1.807, 2.05) is 47.4 Å². The minimum atomic E-state index is -0.780. The molecule has 0 spiro atoms. The van der Waals surface area contributed by atoms with Crippen LogP contribution in [0.15, 0.2) is 72.0 Å². The van der Waals surface area contributed by atoms with Crippen LogP contribution < -0.4 is 4.74 Å². The summed E-state index contributed by atoms with van der Waals surface area (Å²) in [6, 6.07) is 16.3. The van der Waals surface area contributed by atoms with E-state index in [0.717, 1.165) is 57.9 Å². The Bertz CT molecular complexity index is 1320. The van der Waals surface area contributed by atoms with Gasteiger partial charge in [0, 0.05) is 36.1 Å². The standard InChI is InChI=1S/C28H31N4O2S/c1-35(33)25-7-5-6-22(16-25)26-18-30-32-19-23(17-29-27(26)32)21-8-10-24(11-9-21)34-28(12-13-28)20-31-14-3-2-4-15-31/h5-11,16-19,33H,2-4,12-15,20H2,1H3/q+1. The van der Waals surface area contributed by atoms with Gasteiger partial charge in [0.2, 0.25) is 0 Å². The Balaban J connectivity index is 1.19. The number of aromatic nitrogens is 3. The lowest BCUT2D eigenvalue weighted by molar-refractivity contribution is 0.101. The molecule has 180 valence electrons. The first-order valence-corrected chi connectivity index (χ1v) is 14.0. The fraction of sp³-hybridized carbons (Fsp3) is 0.357. The van der Waals surface area contributed by atoms with Gasteiger partial charge in [-0.25, -0.2) is 9.50 Å². The molecule has 2 fully saturated rings. The highest BCUT2D eigenvalue weighted by Gasteiger charge is 2.46. The van der Waals surface area contributed by atoms with Crippen LogP contribution in [-0.4, -0.2) is 55.5 Å². The van der Waals surface area contributed by atoms with Gasteiger partial charge in [-0.15, -0.1) is 0 Å². The molecule has 4 aromatic rings. The van der Waals surface area contributed by atoms with Crippen molar-refractivity contribution in [1.82, 2.24) is 19.5 Å². The quantitative estimate of drug-likeness (QED) is 0.347. The van der Waals surface area contributed by atoms with Gasteiger partial charge in [-0.3, -0.25) is 4.90 Å². The van der Waals surface area contributed by atoms with Gasteiger partial charge in [-0.05, 0) is 68.1 Å². The third kappa shape index (κ3) is 4.81. The normalized spacial score (nSPS) is 18.5. The van der Waals surface area contributed by atoms with Gasteiger partial charge < -0.3 is 4.74 Å². The first-order chi connectivity index (χ1) is 17.1. The van der Waals surface area contributed by atoms with Crippen molar-refractivity contribution in [3.8, 4) is 28.0 Å². The van der Waals surface area contributed by atoms with Crippen LogP contribution in [0.2, 0.25) is 0 Å². The number of fused-ring (bicyclic) bond motifs is 1. The SMILES string of the molecule is C[S+](O)c1cccc(-c2cnn3cc(-c4ccc(OC5(CN6CCCCC6)CC5)cc4)cnc23)c1. The van der Waals surface area contributed by atoms with E-state index < -0.39 is 11.2 Å². The van der Waals surface area contributed by atoms with E-state index >= 15 is 0 Å². The molecule has 1 aliphatic heterocycles. The lowest BCUT2D eigenvalue weighted by atomic mass is 10.1. The number of hydrogen-bond acceptors (Lipinski definition) is 5. The van der Waals surface area contributed by atoms with Gasteiger partial charge in [0.15, 0.2) is 21.7 Å². The summed E-state index contributed by atoms with van der Waals surface area (Å²) in [5.41, 5.74) is 4.86. The molecule has 1 saturated heterocycles. The van der Waals surface area contributed by atoms with E-state index in [0.29, 0.717) is 0 Å². The zero-order chi connectivity index (χ0) is 23.8. The van der Waals surface area contributed by atoms with Crippen LogP contribution in [0, 0.1) is 0 Å². The summed E-state index contributed by atoms with van der Waals surface area (Å²) in [5, 5.41) is 4.55. The largest absolute Gasteiger partial charge is 0.486 e. The van der Waals surface area contributed by atoms with Gasteiger partial charge in [-0.2, -0.15) is 9.65 Å². The summed E-state index contributed by atoms with van der Waals surface area (Å²) < 4.78 is 18.2. The van der Waals surface area contributed by atoms with Gasteiger partial charge in [-0.1, -0.05) is 30.7 Å². The third-order valence-corrected chi connectivity index (χ3v) is 8.07. The Morgan fingerprint density at radius 2 is 1.77 bits per heavy atom. The van der Waals surface area contributed by atoms with E-state index in [9.17, 15) is 4.55 Å².